The molecule has 0 bridgehead atoms. The van der Waals surface area contributed by atoms with Gasteiger partial charge in [0, 0.05) is 14.5 Å². The monoisotopic (exact) mass is 395 g/mol. The van der Waals surface area contributed by atoms with Gasteiger partial charge in [0.2, 0.25) is 0 Å². The third-order valence-electron chi connectivity index (χ3n) is 3.23. The first-order valence-corrected chi connectivity index (χ1v) is 7.89. The molecule has 0 aromatic heterocycles. The molecule has 1 N–H and O–H groups in total. The number of hydrogen-bond donors (Lipinski definition) is 1. The molecule has 2 rings (SSSR count). The largest absolute Gasteiger partial charge is 0.345 e. The molecule has 0 aliphatic heterocycles. The Labute approximate surface area is 135 Å². The minimum atomic E-state index is -0.0629. The van der Waals surface area contributed by atoms with Gasteiger partial charge in [0.05, 0.1) is 6.04 Å². The highest BCUT2D eigenvalue weighted by molar-refractivity contribution is 9.10. The number of amides is 1. The molecule has 0 heterocycles. The molecule has 0 saturated carbocycles. The molecule has 1 amide bonds. The van der Waals surface area contributed by atoms with Crippen LogP contribution in [0.1, 0.15) is 34.5 Å². The highest BCUT2D eigenvalue weighted by atomic mass is 79.9. The normalized spacial score (nSPS) is 12.0. The number of benzene rings is 2. The SMILES string of the molecule is Cc1c(Br)cccc1C(=O)NC(C)c1ccccc1Br. The van der Waals surface area contributed by atoms with Gasteiger partial charge in [0.1, 0.15) is 0 Å². The maximum absolute atomic E-state index is 12.4. The quantitative estimate of drug-likeness (QED) is 0.775. The number of carbonyl (C=O) groups is 1. The van der Waals surface area contributed by atoms with E-state index >= 15 is 0 Å². The molecular formula is C16H15Br2NO. The maximum Gasteiger partial charge on any atom is 0.252 e. The second-order valence-electron chi connectivity index (χ2n) is 4.63. The number of carbonyl (C=O) groups excluding carboxylic acids is 1. The first kappa shape index (κ1) is 15.3. The van der Waals surface area contributed by atoms with E-state index in [2.05, 4.69) is 37.2 Å². The van der Waals surface area contributed by atoms with Crippen molar-refractivity contribution in [2.45, 2.75) is 19.9 Å². The van der Waals surface area contributed by atoms with Crippen molar-refractivity contribution in [3.63, 3.8) is 0 Å². The summed E-state index contributed by atoms with van der Waals surface area (Å²) in [6, 6.07) is 13.5. The molecule has 0 saturated heterocycles. The van der Waals surface area contributed by atoms with Crippen LogP contribution in [0.25, 0.3) is 0 Å². The fraction of sp³-hybridized carbons (Fsp3) is 0.188. The van der Waals surface area contributed by atoms with E-state index in [-0.39, 0.29) is 11.9 Å². The molecule has 0 spiro atoms. The van der Waals surface area contributed by atoms with Crippen molar-refractivity contribution in [3.8, 4) is 0 Å². The molecule has 0 aliphatic rings. The van der Waals surface area contributed by atoms with Crippen LogP contribution in [-0.2, 0) is 0 Å². The lowest BCUT2D eigenvalue weighted by Gasteiger charge is -2.17. The highest BCUT2D eigenvalue weighted by Crippen LogP contribution is 2.24. The molecular weight excluding hydrogens is 382 g/mol. The summed E-state index contributed by atoms with van der Waals surface area (Å²) in [7, 11) is 0. The van der Waals surface area contributed by atoms with E-state index in [4.69, 9.17) is 0 Å². The molecule has 2 aromatic rings. The molecule has 2 nitrogen and oxygen atoms in total. The van der Waals surface area contributed by atoms with Gasteiger partial charge in [0.25, 0.3) is 5.91 Å². The van der Waals surface area contributed by atoms with Crippen LogP contribution in [0.3, 0.4) is 0 Å². The fourth-order valence-corrected chi connectivity index (χ4v) is 3.03. The first-order chi connectivity index (χ1) is 9.50. The number of hydrogen-bond acceptors (Lipinski definition) is 1. The Morgan fingerprint density at radius 2 is 1.70 bits per heavy atom. The molecule has 4 heteroatoms. The Morgan fingerprint density at radius 1 is 1.05 bits per heavy atom. The summed E-state index contributed by atoms with van der Waals surface area (Å²) in [5.74, 6) is -0.0629. The summed E-state index contributed by atoms with van der Waals surface area (Å²) in [5.41, 5.74) is 2.70. The summed E-state index contributed by atoms with van der Waals surface area (Å²) < 4.78 is 1.94. The van der Waals surface area contributed by atoms with Gasteiger partial charge in [-0.15, -0.1) is 0 Å². The zero-order valence-corrected chi connectivity index (χ0v) is 14.5. The van der Waals surface area contributed by atoms with Crippen molar-refractivity contribution in [1.29, 1.82) is 0 Å². The average Bonchev–Trinajstić information content (AvgIpc) is 2.42. The second kappa shape index (κ2) is 6.55. The summed E-state index contributed by atoms with van der Waals surface area (Å²) >= 11 is 6.96. The number of halogens is 2. The van der Waals surface area contributed by atoms with E-state index in [9.17, 15) is 4.79 Å². The average molecular weight is 397 g/mol. The lowest BCUT2D eigenvalue weighted by molar-refractivity contribution is 0.0939. The Kier molecular flexibility index (Phi) is 5.00. The Hall–Kier alpha value is -1.13. The topological polar surface area (TPSA) is 29.1 Å². The Morgan fingerprint density at radius 3 is 2.40 bits per heavy atom. The van der Waals surface area contributed by atoms with Crippen LogP contribution in [0, 0.1) is 6.92 Å². The van der Waals surface area contributed by atoms with E-state index in [0.29, 0.717) is 5.56 Å². The highest BCUT2D eigenvalue weighted by Gasteiger charge is 2.15. The van der Waals surface area contributed by atoms with E-state index < -0.39 is 0 Å². The second-order valence-corrected chi connectivity index (χ2v) is 6.34. The van der Waals surface area contributed by atoms with Crippen LogP contribution in [0.2, 0.25) is 0 Å². The van der Waals surface area contributed by atoms with Crippen LogP contribution in [0.5, 0.6) is 0 Å². The lowest BCUT2D eigenvalue weighted by atomic mass is 10.1. The van der Waals surface area contributed by atoms with Crippen molar-refractivity contribution in [2.75, 3.05) is 0 Å². The lowest BCUT2D eigenvalue weighted by Crippen LogP contribution is -2.27. The van der Waals surface area contributed by atoms with Crippen LogP contribution in [-0.4, -0.2) is 5.91 Å². The van der Waals surface area contributed by atoms with Gasteiger partial charge in [-0.3, -0.25) is 4.79 Å². The summed E-state index contributed by atoms with van der Waals surface area (Å²) in [5, 5.41) is 3.03. The fourth-order valence-electron chi connectivity index (χ4n) is 2.03. The van der Waals surface area contributed by atoms with E-state index in [1.807, 2.05) is 56.3 Å². The van der Waals surface area contributed by atoms with Gasteiger partial charge in [-0.05, 0) is 43.2 Å². The number of nitrogens with one attached hydrogen (secondary N) is 1. The molecule has 20 heavy (non-hydrogen) atoms. The van der Waals surface area contributed by atoms with E-state index in [0.717, 1.165) is 20.1 Å². The molecule has 1 atom stereocenters. The minimum Gasteiger partial charge on any atom is -0.345 e. The van der Waals surface area contributed by atoms with Crippen LogP contribution < -0.4 is 5.32 Å². The van der Waals surface area contributed by atoms with Crippen LogP contribution in [0.4, 0.5) is 0 Å². The Bertz CT molecular complexity index is 640. The smallest absolute Gasteiger partial charge is 0.252 e. The zero-order valence-electron chi connectivity index (χ0n) is 11.3. The molecule has 104 valence electrons. The summed E-state index contributed by atoms with van der Waals surface area (Å²) in [4.78, 5) is 12.4. The van der Waals surface area contributed by atoms with Crippen LogP contribution in [0.15, 0.2) is 51.4 Å². The molecule has 1 unspecified atom stereocenters. The van der Waals surface area contributed by atoms with Crippen molar-refractivity contribution in [2.24, 2.45) is 0 Å². The van der Waals surface area contributed by atoms with Gasteiger partial charge in [-0.1, -0.05) is 56.1 Å². The zero-order chi connectivity index (χ0) is 14.7. The van der Waals surface area contributed by atoms with Crippen molar-refractivity contribution >= 4 is 37.8 Å². The van der Waals surface area contributed by atoms with Gasteiger partial charge < -0.3 is 5.32 Å². The predicted octanol–water partition coefficient (Wildman–Crippen LogP) is 5.01. The minimum absolute atomic E-state index is 0.0588. The maximum atomic E-state index is 12.4. The third-order valence-corrected chi connectivity index (χ3v) is 4.81. The van der Waals surface area contributed by atoms with Crippen molar-refractivity contribution in [1.82, 2.24) is 5.32 Å². The molecule has 0 radical (unpaired) electrons. The summed E-state index contributed by atoms with van der Waals surface area (Å²) in [6.07, 6.45) is 0. The van der Waals surface area contributed by atoms with Gasteiger partial charge in [-0.2, -0.15) is 0 Å². The predicted molar refractivity (Wildman–Crippen MR) is 88.9 cm³/mol. The van der Waals surface area contributed by atoms with Crippen molar-refractivity contribution in [3.05, 3.63) is 68.1 Å². The van der Waals surface area contributed by atoms with Crippen molar-refractivity contribution < 1.29 is 4.79 Å². The molecule has 2 aromatic carbocycles. The standard InChI is InChI=1S/C16H15Br2NO/c1-10-12(7-5-9-14(10)17)16(20)19-11(2)13-6-3-4-8-15(13)18/h3-9,11H,1-2H3,(H,19,20). The Balaban J connectivity index is 2.20. The summed E-state index contributed by atoms with van der Waals surface area (Å²) in [6.45, 7) is 3.91. The van der Waals surface area contributed by atoms with E-state index in [1.165, 1.54) is 0 Å². The van der Waals surface area contributed by atoms with E-state index in [1.54, 1.807) is 0 Å². The first-order valence-electron chi connectivity index (χ1n) is 6.31. The number of rotatable bonds is 3. The molecule has 0 aliphatic carbocycles. The van der Waals surface area contributed by atoms with Gasteiger partial charge >= 0.3 is 0 Å². The van der Waals surface area contributed by atoms with Gasteiger partial charge in [0.15, 0.2) is 0 Å². The van der Waals surface area contributed by atoms with Gasteiger partial charge in [-0.25, -0.2) is 0 Å². The molecule has 0 fully saturated rings. The third kappa shape index (κ3) is 3.30. The van der Waals surface area contributed by atoms with Crippen LogP contribution >= 0.6 is 31.9 Å².